The van der Waals surface area contributed by atoms with Gasteiger partial charge in [-0.3, -0.25) is 4.98 Å². The van der Waals surface area contributed by atoms with Crippen LogP contribution in [0.2, 0.25) is 0 Å². The fraction of sp³-hybridized carbons (Fsp3) is 0.412. The van der Waals surface area contributed by atoms with Crippen molar-refractivity contribution in [3.8, 4) is 11.6 Å². The maximum atomic E-state index is 9.09. The van der Waals surface area contributed by atoms with Gasteiger partial charge in [-0.1, -0.05) is 18.2 Å². The lowest BCUT2D eigenvalue weighted by molar-refractivity contribution is 0.160. The Morgan fingerprint density at radius 3 is 2.91 bits per heavy atom. The van der Waals surface area contributed by atoms with Crippen LogP contribution in [0, 0.1) is 0 Å². The first-order chi connectivity index (χ1) is 10.8. The van der Waals surface area contributed by atoms with E-state index >= 15 is 0 Å². The Morgan fingerprint density at radius 2 is 2.09 bits per heavy atom. The van der Waals surface area contributed by atoms with Gasteiger partial charge in [-0.2, -0.15) is 0 Å². The third-order valence-corrected chi connectivity index (χ3v) is 3.94. The number of likely N-dealkylation sites (tertiary alicyclic amines) is 1. The van der Waals surface area contributed by atoms with Crippen LogP contribution in [0.15, 0.2) is 42.7 Å². The molecule has 0 amide bonds. The van der Waals surface area contributed by atoms with E-state index in [9.17, 15) is 0 Å². The summed E-state index contributed by atoms with van der Waals surface area (Å²) in [6, 6.07) is 9.61. The highest BCUT2D eigenvalue weighted by atomic mass is 16.5. The molecular weight excluding hydrogens is 278 g/mol. The van der Waals surface area contributed by atoms with Gasteiger partial charge in [0.25, 0.3) is 0 Å². The number of ether oxygens (including phenoxy) is 1. The summed E-state index contributed by atoms with van der Waals surface area (Å²) in [7, 11) is 0. The van der Waals surface area contributed by atoms with Gasteiger partial charge in [0.2, 0.25) is 5.88 Å². The third-order valence-electron chi connectivity index (χ3n) is 3.94. The van der Waals surface area contributed by atoms with Crippen molar-refractivity contribution in [2.24, 2.45) is 0 Å². The molecule has 5 nitrogen and oxygen atoms in total. The van der Waals surface area contributed by atoms with E-state index in [1.165, 1.54) is 0 Å². The van der Waals surface area contributed by atoms with Gasteiger partial charge < -0.3 is 14.7 Å². The molecule has 1 aliphatic rings. The van der Waals surface area contributed by atoms with E-state index in [0.29, 0.717) is 11.8 Å². The molecule has 0 radical (unpaired) electrons. The molecule has 1 fully saturated rings. The molecule has 1 aromatic heterocycles. The zero-order valence-electron chi connectivity index (χ0n) is 12.6. The minimum absolute atomic E-state index is 0.204. The van der Waals surface area contributed by atoms with Gasteiger partial charge in [0.05, 0.1) is 18.5 Å². The van der Waals surface area contributed by atoms with Crippen LogP contribution in [0.25, 0.3) is 0 Å². The Bertz CT molecular complexity index is 589. The first-order valence-electron chi connectivity index (χ1n) is 7.73. The molecule has 1 unspecified atom stereocenters. The molecule has 22 heavy (non-hydrogen) atoms. The smallest absolute Gasteiger partial charge is 0.238 e. The second kappa shape index (κ2) is 7.33. The molecule has 1 saturated heterocycles. The highest BCUT2D eigenvalue weighted by Crippen LogP contribution is 2.27. The summed E-state index contributed by atoms with van der Waals surface area (Å²) in [5, 5.41) is 9.09. The summed E-state index contributed by atoms with van der Waals surface area (Å²) in [5.74, 6) is 1.65. The van der Waals surface area contributed by atoms with Crippen LogP contribution in [-0.2, 0) is 0 Å². The number of hydrogen-bond acceptors (Lipinski definition) is 5. The standard InChI is InChI=1S/C17H21N3O2/c21-10-9-20-8-4-5-14(13-20)16-11-18-12-17(19-16)22-15-6-2-1-3-7-15/h1-3,6-7,11-12,14,21H,4-5,8-10,13H2. The number of nitrogens with zero attached hydrogens (tertiary/aromatic N) is 3. The number of aromatic nitrogens is 2. The van der Waals surface area contributed by atoms with E-state index in [1.807, 2.05) is 36.5 Å². The normalized spacial score (nSPS) is 19.0. The van der Waals surface area contributed by atoms with Crippen LogP contribution in [0.1, 0.15) is 24.5 Å². The number of hydrogen-bond donors (Lipinski definition) is 1. The van der Waals surface area contributed by atoms with Crippen molar-refractivity contribution in [1.82, 2.24) is 14.9 Å². The Labute approximate surface area is 130 Å². The van der Waals surface area contributed by atoms with Crippen molar-refractivity contribution in [1.29, 1.82) is 0 Å². The molecule has 1 aromatic carbocycles. The number of aliphatic hydroxyl groups is 1. The fourth-order valence-corrected chi connectivity index (χ4v) is 2.86. The van der Waals surface area contributed by atoms with E-state index in [2.05, 4.69) is 14.9 Å². The lowest BCUT2D eigenvalue weighted by atomic mass is 9.95. The predicted octanol–water partition coefficient (Wildman–Crippen LogP) is 2.44. The monoisotopic (exact) mass is 299 g/mol. The topological polar surface area (TPSA) is 58.5 Å². The van der Waals surface area contributed by atoms with Crippen LogP contribution in [-0.4, -0.2) is 46.2 Å². The molecule has 0 spiro atoms. The van der Waals surface area contributed by atoms with Crippen molar-refractivity contribution in [2.45, 2.75) is 18.8 Å². The summed E-state index contributed by atoms with van der Waals surface area (Å²) >= 11 is 0. The van der Waals surface area contributed by atoms with E-state index in [1.54, 1.807) is 6.20 Å². The average Bonchev–Trinajstić information content (AvgIpc) is 2.57. The fourth-order valence-electron chi connectivity index (χ4n) is 2.86. The van der Waals surface area contributed by atoms with Crippen LogP contribution >= 0.6 is 0 Å². The van der Waals surface area contributed by atoms with Gasteiger partial charge in [-0.05, 0) is 31.5 Å². The zero-order valence-corrected chi connectivity index (χ0v) is 12.6. The molecule has 3 rings (SSSR count). The molecule has 0 saturated carbocycles. The summed E-state index contributed by atoms with van der Waals surface area (Å²) in [4.78, 5) is 11.2. The Balaban J connectivity index is 1.70. The van der Waals surface area contributed by atoms with E-state index in [4.69, 9.17) is 9.84 Å². The summed E-state index contributed by atoms with van der Waals surface area (Å²) in [6.07, 6.45) is 5.69. The van der Waals surface area contributed by atoms with Crippen LogP contribution < -0.4 is 4.74 Å². The first-order valence-corrected chi connectivity index (χ1v) is 7.73. The van der Waals surface area contributed by atoms with Gasteiger partial charge in [0.1, 0.15) is 5.75 Å². The van der Waals surface area contributed by atoms with Gasteiger partial charge in [-0.15, -0.1) is 0 Å². The molecular formula is C17H21N3O2. The Morgan fingerprint density at radius 1 is 1.23 bits per heavy atom. The van der Waals surface area contributed by atoms with Crippen molar-refractivity contribution >= 4 is 0 Å². The van der Waals surface area contributed by atoms with Gasteiger partial charge in [0, 0.05) is 25.2 Å². The minimum atomic E-state index is 0.204. The summed E-state index contributed by atoms with van der Waals surface area (Å²) in [5.41, 5.74) is 0.969. The van der Waals surface area contributed by atoms with Gasteiger partial charge in [-0.25, -0.2) is 4.98 Å². The van der Waals surface area contributed by atoms with Gasteiger partial charge >= 0.3 is 0 Å². The zero-order chi connectivity index (χ0) is 15.2. The van der Waals surface area contributed by atoms with Crippen molar-refractivity contribution in [2.75, 3.05) is 26.2 Å². The highest BCUT2D eigenvalue weighted by Gasteiger charge is 2.22. The average molecular weight is 299 g/mol. The Kier molecular flexibility index (Phi) is 4.98. The number of rotatable bonds is 5. The molecule has 1 aliphatic heterocycles. The predicted molar refractivity (Wildman–Crippen MR) is 84.0 cm³/mol. The van der Waals surface area contributed by atoms with E-state index in [-0.39, 0.29) is 6.61 Å². The number of aliphatic hydroxyl groups excluding tert-OH is 1. The maximum Gasteiger partial charge on any atom is 0.238 e. The highest BCUT2D eigenvalue weighted by molar-refractivity contribution is 5.26. The summed E-state index contributed by atoms with van der Waals surface area (Å²) in [6.45, 7) is 2.90. The SMILES string of the molecule is OCCN1CCCC(c2cncc(Oc3ccccc3)n2)C1. The number of β-amino-alcohol motifs (C(OH)–C–C–N with tert-alkyl or cyclic N) is 1. The third kappa shape index (κ3) is 3.81. The lowest BCUT2D eigenvalue weighted by Crippen LogP contribution is -2.36. The molecule has 1 N–H and O–H groups in total. The number of piperidine rings is 1. The van der Waals surface area contributed by atoms with Crippen molar-refractivity contribution in [3.05, 3.63) is 48.4 Å². The van der Waals surface area contributed by atoms with E-state index < -0.39 is 0 Å². The summed E-state index contributed by atoms with van der Waals surface area (Å²) < 4.78 is 5.76. The number of benzene rings is 1. The molecule has 0 bridgehead atoms. The van der Waals surface area contributed by atoms with Crippen molar-refractivity contribution < 1.29 is 9.84 Å². The maximum absolute atomic E-state index is 9.09. The minimum Gasteiger partial charge on any atom is -0.437 e. The van der Waals surface area contributed by atoms with Gasteiger partial charge in [0.15, 0.2) is 0 Å². The molecule has 5 heteroatoms. The quantitative estimate of drug-likeness (QED) is 0.919. The first kappa shape index (κ1) is 14.9. The van der Waals surface area contributed by atoms with E-state index in [0.717, 1.165) is 43.9 Å². The molecule has 116 valence electrons. The molecule has 2 aromatic rings. The van der Waals surface area contributed by atoms with Crippen LogP contribution in [0.3, 0.4) is 0 Å². The van der Waals surface area contributed by atoms with Crippen LogP contribution in [0.4, 0.5) is 0 Å². The molecule has 0 aliphatic carbocycles. The van der Waals surface area contributed by atoms with Crippen LogP contribution in [0.5, 0.6) is 11.6 Å². The van der Waals surface area contributed by atoms with Crippen molar-refractivity contribution in [3.63, 3.8) is 0 Å². The largest absolute Gasteiger partial charge is 0.437 e. The second-order valence-electron chi connectivity index (χ2n) is 5.56. The number of para-hydroxylation sites is 1. The molecule has 2 heterocycles. The second-order valence-corrected chi connectivity index (χ2v) is 5.56. The molecule has 1 atom stereocenters. The Hall–Kier alpha value is -1.98. The lowest BCUT2D eigenvalue weighted by Gasteiger charge is -2.31.